The Morgan fingerprint density at radius 3 is 2.50 bits per heavy atom. The monoisotopic (exact) mass is 537 g/mol. The van der Waals surface area contributed by atoms with Crippen molar-refractivity contribution in [1.82, 2.24) is 14.7 Å². The average molecular weight is 538 g/mol. The van der Waals surface area contributed by atoms with Crippen LogP contribution in [0.15, 0.2) is 103 Å². The highest BCUT2D eigenvalue weighted by Crippen LogP contribution is 2.36. The number of nitrogens with zero attached hydrogens (tertiary/aromatic N) is 3. The van der Waals surface area contributed by atoms with E-state index in [0.29, 0.717) is 22.4 Å². The van der Waals surface area contributed by atoms with Gasteiger partial charge in [-0.1, -0.05) is 85.2 Å². The molecule has 190 valence electrons. The third kappa shape index (κ3) is 5.64. The molecule has 7 heteroatoms. The maximum absolute atomic E-state index is 13.4. The molecule has 4 aromatic rings. The Bertz CT molecular complexity index is 1510. The molecule has 0 unspecified atom stereocenters. The van der Waals surface area contributed by atoms with E-state index in [-0.39, 0.29) is 5.91 Å². The molecular formula is C31H27N3O2S2. The molecule has 1 amide bonds. The quantitative estimate of drug-likeness (QED) is 0.133. The van der Waals surface area contributed by atoms with Crippen molar-refractivity contribution in [3.05, 3.63) is 119 Å². The van der Waals surface area contributed by atoms with Crippen LogP contribution in [0.25, 0.3) is 23.0 Å². The first-order valence-electron chi connectivity index (χ1n) is 12.3. The second-order valence-electron chi connectivity index (χ2n) is 8.86. The molecule has 1 saturated heterocycles. The van der Waals surface area contributed by atoms with Crippen LogP contribution in [0.5, 0.6) is 5.75 Å². The summed E-state index contributed by atoms with van der Waals surface area (Å²) in [7, 11) is 0. The Kier molecular flexibility index (Phi) is 7.86. The molecule has 0 radical (unpaired) electrons. The van der Waals surface area contributed by atoms with Crippen LogP contribution in [0.4, 0.5) is 0 Å². The van der Waals surface area contributed by atoms with Crippen molar-refractivity contribution < 1.29 is 9.53 Å². The van der Waals surface area contributed by atoms with Gasteiger partial charge in [0.15, 0.2) is 0 Å². The van der Waals surface area contributed by atoms with Gasteiger partial charge in [0.2, 0.25) is 0 Å². The van der Waals surface area contributed by atoms with E-state index < -0.39 is 0 Å². The van der Waals surface area contributed by atoms with Gasteiger partial charge in [-0.3, -0.25) is 9.69 Å². The van der Waals surface area contributed by atoms with Gasteiger partial charge in [-0.25, -0.2) is 4.68 Å². The molecule has 0 atom stereocenters. The number of hydrogen-bond donors (Lipinski definition) is 0. The molecule has 5 nitrogen and oxygen atoms in total. The summed E-state index contributed by atoms with van der Waals surface area (Å²) >= 11 is 6.93. The van der Waals surface area contributed by atoms with Crippen LogP contribution in [-0.2, 0) is 11.2 Å². The van der Waals surface area contributed by atoms with Gasteiger partial charge in [0.05, 0.1) is 10.6 Å². The Labute approximate surface area is 232 Å². The fourth-order valence-electron chi connectivity index (χ4n) is 4.28. The number of thioether (sulfide) groups is 1. The smallest absolute Gasteiger partial charge is 0.266 e. The highest BCUT2D eigenvalue weighted by atomic mass is 32.2. The van der Waals surface area contributed by atoms with Crippen molar-refractivity contribution in [2.45, 2.75) is 13.3 Å². The van der Waals surface area contributed by atoms with Crippen LogP contribution in [0.1, 0.15) is 16.7 Å². The van der Waals surface area contributed by atoms with E-state index in [9.17, 15) is 4.79 Å². The van der Waals surface area contributed by atoms with Crippen LogP contribution in [0.3, 0.4) is 0 Å². The van der Waals surface area contributed by atoms with Crippen LogP contribution >= 0.6 is 24.0 Å². The minimum absolute atomic E-state index is 0.0702. The molecule has 1 aliphatic heterocycles. The number of hydrogen-bond acceptors (Lipinski definition) is 5. The molecule has 1 aliphatic rings. The number of aryl methyl sites for hydroxylation is 1. The standard InChI is InChI=1S/C31H27N3O2S2/c1-3-18-36-26-14-15-27(22(2)19-26)29-24(21-34(32-29)25-12-8-5-9-13-25)20-28-30(35)33(31(37)38-28)17-16-23-10-6-4-7-11-23/h3-15,19-21H,1,16-18H2,2H3. The Hall–Kier alpha value is -3.94. The van der Waals surface area contributed by atoms with E-state index in [1.165, 1.54) is 17.3 Å². The number of aromatic nitrogens is 2. The van der Waals surface area contributed by atoms with Gasteiger partial charge in [-0.15, -0.1) is 0 Å². The zero-order valence-electron chi connectivity index (χ0n) is 21.0. The molecule has 1 fully saturated rings. The fourth-order valence-corrected chi connectivity index (χ4v) is 5.58. The lowest BCUT2D eigenvalue weighted by molar-refractivity contribution is -0.122. The van der Waals surface area contributed by atoms with E-state index >= 15 is 0 Å². The molecule has 5 rings (SSSR count). The number of para-hydroxylation sites is 1. The summed E-state index contributed by atoms with van der Waals surface area (Å²) in [5.74, 6) is 0.703. The molecule has 38 heavy (non-hydrogen) atoms. The van der Waals surface area contributed by atoms with E-state index in [2.05, 4.69) is 18.7 Å². The number of rotatable bonds is 9. The summed E-state index contributed by atoms with van der Waals surface area (Å²) in [4.78, 5) is 15.7. The summed E-state index contributed by atoms with van der Waals surface area (Å²) in [5.41, 5.74) is 5.74. The largest absolute Gasteiger partial charge is 0.490 e. The van der Waals surface area contributed by atoms with E-state index in [4.69, 9.17) is 22.1 Å². The van der Waals surface area contributed by atoms with Crippen LogP contribution in [0.2, 0.25) is 0 Å². The average Bonchev–Trinajstić information content (AvgIpc) is 3.47. The van der Waals surface area contributed by atoms with Crippen LogP contribution in [-0.4, -0.2) is 38.1 Å². The molecule has 0 saturated carbocycles. The highest BCUT2D eigenvalue weighted by Gasteiger charge is 2.32. The Morgan fingerprint density at radius 1 is 1.05 bits per heavy atom. The van der Waals surface area contributed by atoms with Crippen molar-refractivity contribution in [3.8, 4) is 22.7 Å². The minimum Gasteiger partial charge on any atom is -0.490 e. The molecule has 3 aromatic carbocycles. The summed E-state index contributed by atoms with van der Waals surface area (Å²) < 4.78 is 8.13. The van der Waals surface area contributed by atoms with Crippen LogP contribution in [0, 0.1) is 6.92 Å². The minimum atomic E-state index is -0.0702. The zero-order valence-corrected chi connectivity index (χ0v) is 22.7. The molecular weight excluding hydrogens is 510 g/mol. The van der Waals surface area contributed by atoms with Crippen molar-refractivity contribution in [1.29, 1.82) is 0 Å². The number of carbonyl (C=O) groups excluding carboxylic acids is 1. The first-order chi connectivity index (χ1) is 18.5. The predicted octanol–water partition coefficient (Wildman–Crippen LogP) is 6.86. The Morgan fingerprint density at radius 2 is 1.79 bits per heavy atom. The SMILES string of the molecule is C=CCOc1ccc(-c2nn(-c3ccccc3)cc2C=C2SC(=S)N(CCc3ccccc3)C2=O)c(C)c1. The zero-order chi connectivity index (χ0) is 26.5. The molecule has 0 spiro atoms. The first kappa shape index (κ1) is 25.7. The summed E-state index contributed by atoms with van der Waals surface area (Å²) in [6, 6.07) is 26.0. The van der Waals surface area contributed by atoms with Crippen molar-refractivity contribution in [2.75, 3.05) is 13.2 Å². The number of ether oxygens (including phenoxy) is 1. The summed E-state index contributed by atoms with van der Waals surface area (Å²) in [5, 5.41) is 4.93. The fraction of sp³-hybridized carbons (Fsp3) is 0.129. The summed E-state index contributed by atoms with van der Waals surface area (Å²) in [6.07, 6.45) is 6.34. The number of benzene rings is 3. The second kappa shape index (κ2) is 11.6. The Balaban J connectivity index is 1.48. The molecule has 0 bridgehead atoms. The van der Waals surface area contributed by atoms with Crippen molar-refractivity contribution in [3.63, 3.8) is 0 Å². The maximum Gasteiger partial charge on any atom is 0.266 e. The topological polar surface area (TPSA) is 47.4 Å². The highest BCUT2D eigenvalue weighted by molar-refractivity contribution is 8.26. The number of amides is 1. The van der Waals surface area contributed by atoms with Gasteiger partial charge >= 0.3 is 0 Å². The van der Waals surface area contributed by atoms with E-state index in [1.807, 2.05) is 90.6 Å². The third-order valence-corrected chi connectivity index (χ3v) is 7.59. The van der Waals surface area contributed by atoms with Gasteiger partial charge in [0.25, 0.3) is 5.91 Å². The van der Waals surface area contributed by atoms with Crippen molar-refractivity contribution >= 4 is 40.3 Å². The van der Waals surface area contributed by atoms with Gasteiger partial charge in [-0.2, -0.15) is 5.10 Å². The van der Waals surface area contributed by atoms with Crippen molar-refractivity contribution in [2.24, 2.45) is 0 Å². The maximum atomic E-state index is 13.4. The van der Waals surface area contributed by atoms with Gasteiger partial charge in [-0.05, 0) is 60.9 Å². The van der Waals surface area contributed by atoms with Gasteiger partial charge in [0, 0.05) is 23.9 Å². The lowest BCUT2D eigenvalue weighted by Gasteiger charge is -2.14. The van der Waals surface area contributed by atoms with E-state index in [1.54, 1.807) is 11.0 Å². The second-order valence-corrected chi connectivity index (χ2v) is 10.5. The molecule has 2 heterocycles. The third-order valence-electron chi connectivity index (χ3n) is 6.21. The van der Waals surface area contributed by atoms with Crippen LogP contribution < -0.4 is 4.74 Å². The van der Waals surface area contributed by atoms with Gasteiger partial charge in [0.1, 0.15) is 22.4 Å². The number of thiocarbonyl (C=S) groups is 1. The molecule has 0 N–H and O–H groups in total. The lowest BCUT2D eigenvalue weighted by Crippen LogP contribution is -2.30. The molecule has 0 aliphatic carbocycles. The summed E-state index contributed by atoms with van der Waals surface area (Å²) in [6.45, 7) is 6.74. The van der Waals surface area contributed by atoms with E-state index in [0.717, 1.165) is 40.2 Å². The molecule has 1 aromatic heterocycles. The first-order valence-corrected chi connectivity index (χ1v) is 13.5. The number of carbonyl (C=O) groups is 1. The van der Waals surface area contributed by atoms with Gasteiger partial charge < -0.3 is 4.74 Å². The lowest BCUT2D eigenvalue weighted by atomic mass is 10.0. The normalized spacial score (nSPS) is 14.3. The predicted molar refractivity (Wildman–Crippen MR) is 159 cm³/mol.